The summed E-state index contributed by atoms with van der Waals surface area (Å²) in [5, 5.41) is 9.57. The van der Waals surface area contributed by atoms with E-state index in [-0.39, 0.29) is 17.7 Å². The fourth-order valence-electron chi connectivity index (χ4n) is 2.61. The van der Waals surface area contributed by atoms with Crippen molar-refractivity contribution in [1.29, 1.82) is 0 Å². The third-order valence-corrected chi connectivity index (χ3v) is 5.89. The second-order valence-electron chi connectivity index (χ2n) is 5.46. The highest BCUT2D eigenvalue weighted by Gasteiger charge is 2.28. The van der Waals surface area contributed by atoms with Crippen LogP contribution in [-0.4, -0.2) is 25.5 Å². The molecule has 2 rings (SSSR count). The van der Waals surface area contributed by atoms with Crippen molar-refractivity contribution in [2.24, 2.45) is 5.92 Å². The lowest BCUT2D eigenvalue weighted by Crippen LogP contribution is -2.39. The second kappa shape index (κ2) is 7.17. The first kappa shape index (κ1) is 17.5. The van der Waals surface area contributed by atoms with E-state index in [1.54, 1.807) is 18.2 Å². The molecular weight excluding hydrogens is 349 g/mol. The summed E-state index contributed by atoms with van der Waals surface area (Å²) in [7, 11) is -3.58. The lowest BCUT2D eigenvalue weighted by Gasteiger charge is -2.26. The number of aliphatic carboxylic acids is 1. The average molecular weight is 366 g/mol. The number of carboxylic acid groups (broad SMARTS) is 1. The minimum absolute atomic E-state index is 0.234. The Morgan fingerprint density at radius 2 is 1.73 bits per heavy atom. The lowest BCUT2D eigenvalue weighted by molar-refractivity contribution is -0.142. The SMILES string of the molecule is O=C(O)C1CCC(NS(=O)(=O)Cc2c(Cl)cccc2Cl)CC1. The van der Waals surface area contributed by atoms with Gasteiger partial charge in [0.05, 0.1) is 11.7 Å². The smallest absolute Gasteiger partial charge is 0.306 e. The number of carboxylic acids is 1. The quantitative estimate of drug-likeness (QED) is 0.839. The van der Waals surface area contributed by atoms with E-state index >= 15 is 0 Å². The van der Waals surface area contributed by atoms with E-state index < -0.39 is 16.0 Å². The molecule has 5 nitrogen and oxygen atoms in total. The zero-order chi connectivity index (χ0) is 16.3. The normalized spacial score (nSPS) is 22.5. The summed E-state index contributed by atoms with van der Waals surface area (Å²) in [6.07, 6.45) is 2.00. The van der Waals surface area contributed by atoms with Crippen molar-refractivity contribution in [2.45, 2.75) is 37.5 Å². The number of halogens is 2. The molecule has 122 valence electrons. The van der Waals surface area contributed by atoms with Crippen LogP contribution in [-0.2, 0) is 20.6 Å². The lowest BCUT2D eigenvalue weighted by atomic mass is 9.87. The van der Waals surface area contributed by atoms with Gasteiger partial charge in [0.25, 0.3) is 0 Å². The van der Waals surface area contributed by atoms with Crippen LogP contribution in [0.25, 0.3) is 0 Å². The highest BCUT2D eigenvalue weighted by Crippen LogP contribution is 2.28. The van der Waals surface area contributed by atoms with Crippen molar-refractivity contribution >= 4 is 39.2 Å². The molecule has 22 heavy (non-hydrogen) atoms. The zero-order valence-corrected chi connectivity index (χ0v) is 14.1. The number of carbonyl (C=O) groups is 1. The van der Waals surface area contributed by atoms with Crippen LogP contribution in [0.3, 0.4) is 0 Å². The van der Waals surface area contributed by atoms with Crippen LogP contribution in [0.4, 0.5) is 0 Å². The Bertz CT molecular complexity index is 635. The Balaban J connectivity index is 1.99. The summed E-state index contributed by atoms with van der Waals surface area (Å²) in [6.45, 7) is 0. The van der Waals surface area contributed by atoms with Gasteiger partial charge >= 0.3 is 5.97 Å². The maximum Gasteiger partial charge on any atom is 0.306 e. The molecule has 0 bridgehead atoms. The minimum Gasteiger partial charge on any atom is -0.481 e. The number of hydrogen-bond acceptors (Lipinski definition) is 3. The van der Waals surface area contributed by atoms with Crippen LogP contribution >= 0.6 is 23.2 Å². The Hall–Kier alpha value is -0.820. The van der Waals surface area contributed by atoms with Gasteiger partial charge in [0.1, 0.15) is 0 Å². The number of benzene rings is 1. The summed E-state index contributed by atoms with van der Waals surface area (Å²) < 4.78 is 27.1. The molecule has 2 N–H and O–H groups in total. The molecule has 0 radical (unpaired) electrons. The number of nitrogens with one attached hydrogen (secondary N) is 1. The molecule has 1 saturated carbocycles. The Morgan fingerprint density at radius 3 is 2.23 bits per heavy atom. The molecule has 1 aliphatic carbocycles. The van der Waals surface area contributed by atoms with Gasteiger partial charge in [0.2, 0.25) is 10.0 Å². The van der Waals surface area contributed by atoms with E-state index in [1.165, 1.54) is 0 Å². The molecule has 1 aliphatic rings. The topological polar surface area (TPSA) is 83.5 Å². The molecule has 1 fully saturated rings. The first-order valence-corrected chi connectivity index (χ1v) is 9.35. The van der Waals surface area contributed by atoms with E-state index in [2.05, 4.69) is 4.72 Å². The van der Waals surface area contributed by atoms with Crippen molar-refractivity contribution in [2.75, 3.05) is 0 Å². The predicted octanol–water partition coefficient (Wildman–Crippen LogP) is 3.06. The van der Waals surface area contributed by atoms with E-state index in [0.717, 1.165) is 0 Å². The fraction of sp³-hybridized carbons (Fsp3) is 0.500. The van der Waals surface area contributed by atoms with Crippen molar-refractivity contribution in [3.63, 3.8) is 0 Å². The molecule has 0 unspecified atom stereocenters. The molecule has 0 spiro atoms. The van der Waals surface area contributed by atoms with Crippen molar-refractivity contribution in [1.82, 2.24) is 4.72 Å². The van der Waals surface area contributed by atoms with Gasteiger partial charge in [0, 0.05) is 21.7 Å². The third-order valence-electron chi connectivity index (χ3n) is 3.82. The van der Waals surface area contributed by atoms with Gasteiger partial charge in [-0.25, -0.2) is 13.1 Å². The zero-order valence-electron chi connectivity index (χ0n) is 11.8. The van der Waals surface area contributed by atoms with Crippen molar-refractivity contribution in [3.05, 3.63) is 33.8 Å². The van der Waals surface area contributed by atoms with Crippen LogP contribution in [0.5, 0.6) is 0 Å². The summed E-state index contributed by atoms with van der Waals surface area (Å²) in [5.74, 6) is -1.48. The molecule has 8 heteroatoms. The van der Waals surface area contributed by atoms with E-state index in [4.69, 9.17) is 28.3 Å². The van der Waals surface area contributed by atoms with E-state index in [1.807, 2.05) is 0 Å². The van der Waals surface area contributed by atoms with E-state index in [9.17, 15) is 13.2 Å². The summed E-state index contributed by atoms with van der Waals surface area (Å²) in [6, 6.07) is 4.61. The molecule has 0 aliphatic heterocycles. The van der Waals surface area contributed by atoms with Crippen LogP contribution in [0.1, 0.15) is 31.2 Å². The summed E-state index contributed by atoms with van der Waals surface area (Å²) in [4.78, 5) is 10.9. The van der Waals surface area contributed by atoms with Gasteiger partial charge in [-0.05, 0) is 37.8 Å². The Kier molecular flexibility index (Phi) is 5.71. The molecule has 0 amide bonds. The van der Waals surface area contributed by atoms with Crippen LogP contribution < -0.4 is 4.72 Å². The minimum atomic E-state index is -3.58. The number of sulfonamides is 1. The van der Waals surface area contributed by atoms with Gasteiger partial charge in [-0.3, -0.25) is 4.79 Å². The molecule has 0 heterocycles. The fourth-order valence-corrected chi connectivity index (χ4v) is 4.82. The first-order valence-electron chi connectivity index (χ1n) is 6.94. The van der Waals surface area contributed by atoms with Crippen LogP contribution in [0.15, 0.2) is 18.2 Å². The number of hydrogen-bond donors (Lipinski definition) is 2. The third kappa shape index (κ3) is 4.59. The molecule has 0 atom stereocenters. The highest BCUT2D eigenvalue weighted by molar-refractivity contribution is 7.88. The van der Waals surface area contributed by atoms with Gasteiger partial charge in [-0.15, -0.1) is 0 Å². The van der Waals surface area contributed by atoms with Crippen molar-refractivity contribution < 1.29 is 18.3 Å². The maximum atomic E-state index is 12.2. The summed E-state index contributed by atoms with van der Waals surface area (Å²) >= 11 is 12.0. The molecule has 0 saturated heterocycles. The standard InChI is InChI=1S/C14H17Cl2NO4S/c15-12-2-1-3-13(16)11(12)8-22(20,21)17-10-6-4-9(5-7-10)14(18)19/h1-3,9-10,17H,4-8H2,(H,18,19). The summed E-state index contributed by atoms with van der Waals surface area (Å²) in [5.41, 5.74) is 0.373. The average Bonchev–Trinajstić information content (AvgIpc) is 2.43. The maximum absolute atomic E-state index is 12.2. The van der Waals surface area contributed by atoms with Gasteiger partial charge in [-0.2, -0.15) is 0 Å². The van der Waals surface area contributed by atoms with Gasteiger partial charge < -0.3 is 5.11 Å². The monoisotopic (exact) mass is 365 g/mol. The molecular formula is C14H17Cl2NO4S. The number of rotatable bonds is 5. The predicted molar refractivity (Wildman–Crippen MR) is 85.6 cm³/mol. The van der Waals surface area contributed by atoms with Gasteiger partial charge in [0.15, 0.2) is 0 Å². The Morgan fingerprint density at radius 1 is 1.18 bits per heavy atom. The van der Waals surface area contributed by atoms with Crippen LogP contribution in [0.2, 0.25) is 10.0 Å². The van der Waals surface area contributed by atoms with Crippen molar-refractivity contribution in [3.8, 4) is 0 Å². The second-order valence-corrected chi connectivity index (χ2v) is 8.03. The Labute approximate surface area is 139 Å². The van der Waals surface area contributed by atoms with Gasteiger partial charge in [-0.1, -0.05) is 29.3 Å². The van der Waals surface area contributed by atoms with E-state index in [0.29, 0.717) is 41.3 Å². The molecule has 1 aromatic rings. The highest BCUT2D eigenvalue weighted by atomic mass is 35.5. The van der Waals surface area contributed by atoms with Crippen LogP contribution in [0, 0.1) is 5.92 Å². The largest absolute Gasteiger partial charge is 0.481 e. The first-order chi connectivity index (χ1) is 10.3. The molecule has 1 aromatic carbocycles. The molecule has 0 aromatic heterocycles.